The van der Waals surface area contributed by atoms with Gasteiger partial charge in [-0.15, -0.1) is 0 Å². The van der Waals surface area contributed by atoms with E-state index in [9.17, 15) is 9.18 Å². The van der Waals surface area contributed by atoms with Crippen molar-refractivity contribution in [3.05, 3.63) is 64.1 Å². The molecule has 2 atom stereocenters. The molecule has 2 aromatic carbocycles. The first-order chi connectivity index (χ1) is 19.8. The number of amides is 1. The van der Waals surface area contributed by atoms with Crippen LogP contribution in [0.4, 0.5) is 15.8 Å². The minimum Gasteiger partial charge on any atom is -0.494 e. The normalized spacial score (nSPS) is 16.8. The molecule has 5 N–H and O–H groups in total. The lowest BCUT2D eigenvalue weighted by Crippen LogP contribution is -2.22. The third kappa shape index (κ3) is 6.39. The van der Waals surface area contributed by atoms with Crippen LogP contribution in [0.15, 0.2) is 41.4 Å². The number of hydrogen-bond donors (Lipinski definition) is 3. The van der Waals surface area contributed by atoms with Gasteiger partial charge in [0.2, 0.25) is 5.91 Å². The number of nitrogens with one attached hydrogen (secondary N) is 1. The summed E-state index contributed by atoms with van der Waals surface area (Å²) in [6.45, 7) is 2.45. The molecule has 2 unspecified atom stereocenters. The Bertz CT molecular complexity index is 1480. The number of rotatable bonds is 12. The average Bonchev–Trinajstić information content (AvgIpc) is 3.69. The second-order valence-electron chi connectivity index (χ2n) is 10.3. The minimum absolute atomic E-state index is 0.0361. The summed E-state index contributed by atoms with van der Waals surface area (Å²) in [4.78, 5) is 27.6. The third-order valence-electron chi connectivity index (χ3n) is 7.22. The zero-order valence-electron chi connectivity index (χ0n) is 23.0. The molecule has 3 aromatic rings. The van der Waals surface area contributed by atoms with Gasteiger partial charge in [-0.2, -0.15) is 0 Å². The Kier molecular flexibility index (Phi) is 8.60. The van der Waals surface area contributed by atoms with Crippen molar-refractivity contribution in [2.24, 2.45) is 10.7 Å². The van der Waals surface area contributed by atoms with Crippen LogP contribution < -0.4 is 26.4 Å². The summed E-state index contributed by atoms with van der Waals surface area (Å²) in [5.41, 5.74) is 19.3. The van der Waals surface area contributed by atoms with Gasteiger partial charge in [-0.1, -0.05) is 24.9 Å². The molecule has 216 valence electrons. The molecule has 0 spiro atoms. The van der Waals surface area contributed by atoms with Gasteiger partial charge in [0.15, 0.2) is 0 Å². The van der Waals surface area contributed by atoms with Gasteiger partial charge in [-0.3, -0.25) is 20.1 Å². The number of pyridine rings is 1. The summed E-state index contributed by atoms with van der Waals surface area (Å²) in [6.07, 6.45) is 5.56. The molecule has 0 bridgehead atoms. The fraction of sp³-hybridized carbons (Fsp3) is 0.367. The van der Waals surface area contributed by atoms with Crippen LogP contribution >= 0.6 is 11.6 Å². The highest BCUT2D eigenvalue weighted by molar-refractivity contribution is 6.31. The number of hydrogen-bond acceptors (Lipinski definition) is 8. The fourth-order valence-electron chi connectivity index (χ4n) is 4.81. The quantitative estimate of drug-likeness (QED) is 0.144. The number of fused-ring (bicyclic) bond motifs is 1. The van der Waals surface area contributed by atoms with E-state index in [1.807, 2.05) is 12.1 Å². The van der Waals surface area contributed by atoms with Gasteiger partial charge in [0, 0.05) is 40.6 Å². The largest absolute Gasteiger partial charge is 0.494 e. The molecular formula is C30H33ClFN5O4. The molecule has 1 fully saturated rings. The molecule has 1 aliphatic carbocycles. The predicted octanol–water partition coefficient (Wildman–Crippen LogP) is 5.60. The van der Waals surface area contributed by atoms with Crippen molar-refractivity contribution in [1.29, 1.82) is 0 Å². The number of nitrogen functional groups attached to an aromatic ring is 1. The predicted molar refractivity (Wildman–Crippen MR) is 157 cm³/mol. The molecule has 1 amide bonds. The van der Waals surface area contributed by atoms with Gasteiger partial charge < -0.3 is 20.9 Å². The van der Waals surface area contributed by atoms with E-state index in [4.69, 9.17) is 42.4 Å². The summed E-state index contributed by atoms with van der Waals surface area (Å²) in [7, 11) is 1.56. The van der Waals surface area contributed by atoms with Crippen molar-refractivity contribution in [2.45, 2.75) is 50.5 Å². The molecule has 1 aliphatic heterocycles. The highest BCUT2D eigenvalue weighted by Gasteiger charge is 2.33. The van der Waals surface area contributed by atoms with E-state index in [-0.39, 0.29) is 24.2 Å². The van der Waals surface area contributed by atoms with Crippen molar-refractivity contribution in [1.82, 2.24) is 4.98 Å². The first kappa shape index (κ1) is 28.6. The van der Waals surface area contributed by atoms with Crippen LogP contribution in [0.1, 0.15) is 61.3 Å². The lowest BCUT2D eigenvalue weighted by Gasteiger charge is -2.20. The van der Waals surface area contributed by atoms with Crippen molar-refractivity contribution < 1.29 is 23.5 Å². The van der Waals surface area contributed by atoms with Gasteiger partial charge in [-0.05, 0) is 49.6 Å². The molecule has 5 rings (SSSR count). The van der Waals surface area contributed by atoms with Crippen molar-refractivity contribution >= 4 is 35.1 Å². The van der Waals surface area contributed by atoms with Crippen LogP contribution in [0.5, 0.6) is 11.5 Å². The summed E-state index contributed by atoms with van der Waals surface area (Å²) >= 11 is 6.08. The maximum absolute atomic E-state index is 13.9. The Labute approximate surface area is 243 Å². The highest BCUT2D eigenvalue weighted by Crippen LogP contribution is 2.43. The second kappa shape index (κ2) is 12.3. The summed E-state index contributed by atoms with van der Waals surface area (Å²) in [6, 6.07) is 10.2. The Hall–Kier alpha value is -3.89. The smallest absolute Gasteiger partial charge is 0.228 e. The molecule has 11 heteroatoms. The molecule has 0 saturated heterocycles. The minimum atomic E-state index is -0.624. The van der Waals surface area contributed by atoms with Crippen LogP contribution in [-0.4, -0.2) is 43.5 Å². The number of ether oxygens (including phenoxy) is 2. The van der Waals surface area contributed by atoms with E-state index in [1.54, 1.807) is 25.5 Å². The van der Waals surface area contributed by atoms with E-state index >= 15 is 0 Å². The number of methoxy groups -OCH3 is 1. The van der Waals surface area contributed by atoms with Gasteiger partial charge in [0.1, 0.15) is 35.5 Å². The van der Waals surface area contributed by atoms with Gasteiger partial charge in [-0.25, -0.2) is 9.37 Å². The van der Waals surface area contributed by atoms with E-state index in [1.165, 1.54) is 12.1 Å². The SMILES string of the molecule is CCCC(CONc1cc(C=NC2CC2)c(N)c(OC)c1)c1cc2c(c(-c3ccc(F)c(Cl)c3)n1)OCC2C(N)=O. The molecule has 2 heterocycles. The number of nitrogens with two attached hydrogens (primary N) is 2. The van der Waals surface area contributed by atoms with Crippen molar-refractivity contribution in [3.8, 4) is 22.8 Å². The highest BCUT2D eigenvalue weighted by atomic mass is 35.5. The third-order valence-corrected chi connectivity index (χ3v) is 7.51. The summed E-state index contributed by atoms with van der Waals surface area (Å²) in [5, 5.41) is -0.0361. The summed E-state index contributed by atoms with van der Waals surface area (Å²) < 4.78 is 25.2. The Morgan fingerprint density at radius 1 is 1.32 bits per heavy atom. The molecule has 1 saturated carbocycles. The number of carbonyl (C=O) groups excluding carboxylic acids is 1. The standard InChI is InChI=1S/C30H33ClFN5O4/c1-3-4-17(14-41-37-20-9-18(13-35-19-6-7-19)27(33)26(11-20)39-2)25-12-21-22(30(34)38)15-40-29(21)28(36-25)16-5-8-24(32)23(31)10-16/h5,8-13,17,19,22,37H,3-4,6-7,14-15,33H2,1-2H3,(H2,34,38). The Morgan fingerprint density at radius 2 is 2.12 bits per heavy atom. The topological polar surface area (TPSA) is 134 Å². The Morgan fingerprint density at radius 3 is 2.80 bits per heavy atom. The molecule has 41 heavy (non-hydrogen) atoms. The molecule has 2 aliphatic rings. The Balaban J connectivity index is 1.42. The number of aliphatic imine (C=N–C) groups is 1. The number of benzene rings is 2. The number of halogens is 2. The van der Waals surface area contributed by atoms with Gasteiger partial charge >= 0.3 is 0 Å². The summed E-state index contributed by atoms with van der Waals surface area (Å²) in [5.74, 6) is -0.838. The number of carbonyl (C=O) groups is 1. The van der Waals surface area contributed by atoms with Gasteiger partial charge in [0.05, 0.1) is 36.2 Å². The monoisotopic (exact) mass is 581 g/mol. The van der Waals surface area contributed by atoms with E-state index in [0.29, 0.717) is 51.4 Å². The van der Waals surface area contributed by atoms with Crippen LogP contribution in [0.2, 0.25) is 5.02 Å². The number of primary amides is 1. The van der Waals surface area contributed by atoms with Crippen LogP contribution in [-0.2, 0) is 9.63 Å². The second-order valence-corrected chi connectivity index (χ2v) is 10.7. The first-order valence-electron chi connectivity index (χ1n) is 13.6. The molecule has 9 nitrogen and oxygen atoms in total. The first-order valence-corrected chi connectivity index (χ1v) is 14.0. The van der Waals surface area contributed by atoms with Crippen LogP contribution in [0.25, 0.3) is 11.3 Å². The zero-order valence-corrected chi connectivity index (χ0v) is 23.7. The van der Waals surface area contributed by atoms with Crippen molar-refractivity contribution in [2.75, 3.05) is 31.5 Å². The van der Waals surface area contributed by atoms with Crippen LogP contribution in [0.3, 0.4) is 0 Å². The molecule has 0 radical (unpaired) electrons. The van der Waals surface area contributed by atoms with Crippen LogP contribution in [0, 0.1) is 5.82 Å². The van der Waals surface area contributed by atoms with Gasteiger partial charge in [0.25, 0.3) is 0 Å². The van der Waals surface area contributed by atoms with E-state index in [2.05, 4.69) is 17.4 Å². The number of anilines is 2. The lowest BCUT2D eigenvalue weighted by molar-refractivity contribution is -0.119. The maximum atomic E-state index is 13.9. The van der Waals surface area contributed by atoms with Crippen molar-refractivity contribution in [3.63, 3.8) is 0 Å². The molecule has 1 aromatic heterocycles. The van der Waals surface area contributed by atoms with E-state index in [0.717, 1.165) is 31.2 Å². The van der Waals surface area contributed by atoms with E-state index < -0.39 is 17.6 Å². The molecular weight excluding hydrogens is 549 g/mol. The fourth-order valence-corrected chi connectivity index (χ4v) is 4.99. The average molecular weight is 582 g/mol. The maximum Gasteiger partial charge on any atom is 0.228 e. The number of aromatic nitrogens is 1. The number of nitrogens with zero attached hydrogens (tertiary/aromatic N) is 2. The zero-order chi connectivity index (χ0) is 29.1. The lowest BCUT2D eigenvalue weighted by atomic mass is 9.93.